The van der Waals surface area contributed by atoms with Gasteiger partial charge in [-0.3, -0.25) is 9.59 Å². The number of rotatable bonds is 4. The van der Waals surface area contributed by atoms with Crippen LogP contribution in [0.15, 0.2) is 0 Å². The highest BCUT2D eigenvalue weighted by atomic mass is 16.2. The molecule has 1 fully saturated rings. The third kappa shape index (κ3) is 2.54. The van der Waals surface area contributed by atoms with E-state index in [1.807, 2.05) is 6.92 Å². The van der Waals surface area contributed by atoms with Gasteiger partial charge >= 0.3 is 0 Å². The first-order valence-corrected chi connectivity index (χ1v) is 4.98. The third-order valence-corrected chi connectivity index (χ3v) is 2.55. The van der Waals surface area contributed by atoms with Crippen molar-refractivity contribution in [3.63, 3.8) is 0 Å². The second-order valence-corrected chi connectivity index (χ2v) is 3.75. The molecule has 1 N–H and O–H groups in total. The molecule has 1 heterocycles. The van der Waals surface area contributed by atoms with Crippen molar-refractivity contribution in [3.8, 4) is 0 Å². The van der Waals surface area contributed by atoms with Gasteiger partial charge in [0.25, 0.3) is 0 Å². The fourth-order valence-corrected chi connectivity index (χ4v) is 1.75. The largest absolute Gasteiger partial charge is 0.346 e. The highest BCUT2D eigenvalue weighted by Gasteiger charge is 2.29. The SMILES string of the molecule is CCCC(C)C(=O)[C@H]1CCC(=O)N1. The number of nitrogens with one attached hydrogen (secondary N) is 1. The lowest BCUT2D eigenvalue weighted by molar-refractivity contribution is -0.126. The average Bonchev–Trinajstić information content (AvgIpc) is 2.51. The van der Waals surface area contributed by atoms with Crippen LogP contribution in [-0.4, -0.2) is 17.7 Å². The molecule has 1 aliphatic rings. The van der Waals surface area contributed by atoms with Crippen LogP contribution in [0, 0.1) is 5.92 Å². The van der Waals surface area contributed by atoms with E-state index in [0.29, 0.717) is 12.8 Å². The van der Waals surface area contributed by atoms with Crippen molar-refractivity contribution < 1.29 is 9.59 Å². The fourth-order valence-electron chi connectivity index (χ4n) is 1.75. The number of amides is 1. The molecule has 3 nitrogen and oxygen atoms in total. The lowest BCUT2D eigenvalue weighted by Crippen LogP contribution is -2.36. The van der Waals surface area contributed by atoms with Crippen LogP contribution in [0.25, 0.3) is 0 Å². The second-order valence-electron chi connectivity index (χ2n) is 3.75. The zero-order chi connectivity index (χ0) is 9.84. The number of hydrogen-bond donors (Lipinski definition) is 1. The van der Waals surface area contributed by atoms with Crippen LogP contribution in [0.5, 0.6) is 0 Å². The Morgan fingerprint density at radius 3 is 2.85 bits per heavy atom. The number of carbonyl (C=O) groups is 2. The van der Waals surface area contributed by atoms with Crippen LogP contribution in [0.3, 0.4) is 0 Å². The normalized spacial score (nSPS) is 24.2. The smallest absolute Gasteiger partial charge is 0.220 e. The van der Waals surface area contributed by atoms with Gasteiger partial charge in [0.1, 0.15) is 0 Å². The van der Waals surface area contributed by atoms with Crippen molar-refractivity contribution in [1.82, 2.24) is 5.32 Å². The molecule has 1 saturated heterocycles. The topological polar surface area (TPSA) is 46.2 Å². The van der Waals surface area contributed by atoms with Gasteiger partial charge < -0.3 is 5.32 Å². The Balaban J connectivity index is 2.43. The van der Waals surface area contributed by atoms with E-state index in [1.165, 1.54) is 0 Å². The van der Waals surface area contributed by atoms with E-state index < -0.39 is 0 Å². The molecular weight excluding hydrogens is 166 g/mol. The summed E-state index contributed by atoms with van der Waals surface area (Å²) in [7, 11) is 0. The molecule has 0 bridgehead atoms. The van der Waals surface area contributed by atoms with Gasteiger partial charge in [-0.1, -0.05) is 20.3 Å². The molecule has 0 radical (unpaired) electrons. The molecule has 3 heteroatoms. The Bertz CT molecular complexity index is 213. The number of carbonyl (C=O) groups excluding carboxylic acids is 2. The molecule has 1 rings (SSSR count). The van der Waals surface area contributed by atoms with E-state index in [2.05, 4.69) is 12.2 Å². The summed E-state index contributed by atoms with van der Waals surface area (Å²) in [6.45, 7) is 4.01. The first-order chi connectivity index (χ1) is 6.15. The Hall–Kier alpha value is -0.860. The minimum atomic E-state index is -0.200. The minimum Gasteiger partial charge on any atom is -0.346 e. The summed E-state index contributed by atoms with van der Waals surface area (Å²) in [6.07, 6.45) is 3.14. The van der Waals surface area contributed by atoms with Crippen LogP contribution in [0.4, 0.5) is 0 Å². The van der Waals surface area contributed by atoms with Crippen molar-refractivity contribution >= 4 is 11.7 Å². The average molecular weight is 183 g/mol. The predicted octanol–water partition coefficient (Wildman–Crippen LogP) is 1.27. The second kappa shape index (κ2) is 4.40. The Labute approximate surface area is 78.9 Å². The molecule has 74 valence electrons. The first-order valence-electron chi connectivity index (χ1n) is 4.98. The van der Waals surface area contributed by atoms with Gasteiger partial charge in [-0.05, 0) is 12.8 Å². The molecule has 1 amide bonds. The molecular formula is C10H17NO2. The van der Waals surface area contributed by atoms with E-state index in [1.54, 1.807) is 0 Å². The molecule has 1 aliphatic heterocycles. The van der Waals surface area contributed by atoms with Gasteiger partial charge in [-0.15, -0.1) is 0 Å². The van der Waals surface area contributed by atoms with Crippen LogP contribution in [-0.2, 0) is 9.59 Å². The molecule has 0 aliphatic carbocycles. The summed E-state index contributed by atoms with van der Waals surface area (Å²) < 4.78 is 0. The Morgan fingerprint density at radius 1 is 1.69 bits per heavy atom. The fraction of sp³-hybridized carbons (Fsp3) is 0.800. The molecule has 0 aromatic carbocycles. The zero-order valence-electron chi connectivity index (χ0n) is 8.30. The Kier molecular flexibility index (Phi) is 3.46. The van der Waals surface area contributed by atoms with Crippen molar-refractivity contribution in [2.75, 3.05) is 0 Å². The highest BCUT2D eigenvalue weighted by molar-refractivity contribution is 5.93. The molecule has 1 unspecified atom stereocenters. The maximum Gasteiger partial charge on any atom is 0.220 e. The summed E-state index contributed by atoms with van der Waals surface area (Å²) in [6, 6.07) is -0.200. The van der Waals surface area contributed by atoms with Crippen molar-refractivity contribution in [2.45, 2.75) is 45.6 Å². The van der Waals surface area contributed by atoms with Crippen molar-refractivity contribution in [3.05, 3.63) is 0 Å². The van der Waals surface area contributed by atoms with Crippen LogP contribution < -0.4 is 5.32 Å². The van der Waals surface area contributed by atoms with E-state index >= 15 is 0 Å². The molecule has 0 aromatic heterocycles. The van der Waals surface area contributed by atoms with Gasteiger partial charge in [-0.25, -0.2) is 0 Å². The molecule has 0 saturated carbocycles. The van der Waals surface area contributed by atoms with E-state index in [-0.39, 0.29) is 23.7 Å². The molecule has 0 aromatic rings. The van der Waals surface area contributed by atoms with Gasteiger partial charge in [0.2, 0.25) is 5.91 Å². The standard InChI is InChI=1S/C10H17NO2/c1-3-4-7(2)10(13)8-5-6-9(12)11-8/h7-8H,3-6H2,1-2H3,(H,11,12)/t7?,8-/m1/s1. The summed E-state index contributed by atoms with van der Waals surface area (Å²) in [5.74, 6) is 0.308. The number of ketones is 1. The van der Waals surface area contributed by atoms with Crippen molar-refractivity contribution in [1.29, 1.82) is 0 Å². The van der Waals surface area contributed by atoms with E-state index in [9.17, 15) is 9.59 Å². The summed E-state index contributed by atoms with van der Waals surface area (Å²) in [5, 5.41) is 2.70. The number of Topliss-reactive ketones (excluding diaryl/α,β-unsaturated/α-hetero) is 1. The minimum absolute atomic E-state index is 0.0158. The van der Waals surface area contributed by atoms with Gasteiger partial charge in [-0.2, -0.15) is 0 Å². The molecule has 2 atom stereocenters. The Morgan fingerprint density at radius 2 is 2.38 bits per heavy atom. The first kappa shape index (κ1) is 10.2. The third-order valence-electron chi connectivity index (χ3n) is 2.55. The van der Waals surface area contributed by atoms with Gasteiger partial charge in [0.15, 0.2) is 5.78 Å². The van der Waals surface area contributed by atoms with Crippen LogP contribution in [0.2, 0.25) is 0 Å². The van der Waals surface area contributed by atoms with E-state index in [0.717, 1.165) is 12.8 Å². The number of hydrogen-bond acceptors (Lipinski definition) is 2. The van der Waals surface area contributed by atoms with E-state index in [4.69, 9.17) is 0 Å². The van der Waals surface area contributed by atoms with Crippen molar-refractivity contribution in [2.24, 2.45) is 5.92 Å². The monoisotopic (exact) mass is 183 g/mol. The molecule has 0 spiro atoms. The quantitative estimate of drug-likeness (QED) is 0.713. The summed E-state index contributed by atoms with van der Waals surface area (Å²) in [4.78, 5) is 22.5. The highest BCUT2D eigenvalue weighted by Crippen LogP contribution is 2.15. The molecule has 13 heavy (non-hydrogen) atoms. The summed E-state index contributed by atoms with van der Waals surface area (Å²) in [5.41, 5.74) is 0. The van der Waals surface area contributed by atoms with Crippen LogP contribution in [0.1, 0.15) is 39.5 Å². The maximum atomic E-state index is 11.7. The lowest BCUT2D eigenvalue weighted by atomic mass is 9.95. The maximum absolute atomic E-state index is 11.7. The van der Waals surface area contributed by atoms with Crippen LogP contribution >= 0.6 is 0 Å². The summed E-state index contributed by atoms with van der Waals surface area (Å²) >= 11 is 0. The zero-order valence-corrected chi connectivity index (χ0v) is 8.30. The van der Waals surface area contributed by atoms with Gasteiger partial charge in [0.05, 0.1) is 6.04 Å². The predicted molar refractivity (Wildman–Crippen MR) is 50.2 cm³/mol. The van der Waals surface area contributed by atoms with Gasteiger partial charge in [0, 0.05) is 12.3 Å². The lowest BCUT2D eigenvalue weighted by Gasteiger charge is -2.14.